The lowest BCUT2D eigenvalue weighted by Gasteiger charge is -1.91. The van der Waals surface area contributed by atoms with Gasteiger partial charge in [-0.1, -0.05) is 17.7 Å². The molecule has 0 bridgehead atoms. The molecule has 0 amide bonds. The minimum absolute atomic E-state index is 0.503. The van der Waals surface area contributed by atoms with Crippen LogP contribution in [0.3, 0.4) is 0 Å². The zero-order valence-corrected chi connectivity index (χ0v) is 7.35. The topological polar surface area (TPSA) is 54.4 Å². The maximum atomic E-state index is 10.0. The van der Waals surface area contributed by atoms with Gasteiger partial charge in [0.2, 0.25) is 0 Å². The summed E-state index contributed by atoms with van der Waals surface area (Å²) in [5.41, 5.74) is 0. The van der Waals surface area contributed by atoms with E-state index in [1.165, 1.54) is 0 Å². The number of hydrogen-bond acceptors (Lipinski definition) is 4. The summed E-state index contributed by atoms with van der Waals surface area (Å²) in [6.45, 7) is 1.94. The third-order valence-corrected chi connectivity index (χ3v) is 4.98. The van der Waals surface area contributed by atoms with Gasteiger partial charge in [-0.3, -0.25) is 4.55 Å². The highest BCUT2D eigenvalue weighted by molar-refractivity contribution is 9.05. The molecule has 0 rings (SSSR count). The Bertz CT molecular complexity index is 150. The van der Waals surface area contributed by atoms with Crippen LogP contribution in [-0.4, -0.2) is 18.7 Å². The van der Waals surface area contributed by atoms with E-state index in [9.17, 15) is 8.42 Å². The van der Waals surface area contributed by atoms with Crippen LogP contribution in [0.25, 0.3) is 0 Å². The van der Waals surface area contributed by atoms with Crippen molar-refractivity contribution >= 4 is 29.8 Å². The molecule has 0 fully saturated rings. The lowest BCUT2D eigenvalue weighted by Crippen LogP contribution is -1.85. The third kappa shape index (κ3) is 8.61. The average molecular weight is 188 g/mol. The molecule has 0 aliphatic carbocycles. The highest BCUT2D eigenvalue weighted by Crippen LogP contribution is 2.26. The Hall–Kier alpha value is 0.610. The molecule has 0 aromatic carbocycles. The van der Waals surface area contributed by atoms with Crippen LogP contribution >= 0.6 is 20.6 Å². The fraction of sp³-hybridized carbons (Fsp3) is 1.00. The van der Waals surface area contributed by atoms with Gasteiger partial charge >= 0.3 is 9.15 Å². The van der Waals surface area contributed by atoms with Crippen LogP contribution in [0.15, 0.2) is 0 Å². The van der Waals surface area contributed by atoms with Gasteiger partial charge < -0.3 is 0 Å². The fourth-order valence-corrected chi connectivity index (χ4v) is 3.31. The minimum Gasteiger partial charge on any atom is -0.277 e. The molecule has 0 aromatic heterocycles. The van der Waals surface area contributed by atoms with Crippen LogP contribution in [-0.2, 0) is 9.15 Å². The van der Waals surface area contributed by atoms with Crippen molar-refractivity contribution in [1.29, 1.82) is 0 Å². The first kappa shape index (κ1) is 9.61. The lowest BCUT2D eigenvalue weighted by molar-refractivity contribution is 0.503. The molecule has 0 atom stereocenters. The first-order chi connectivity index (χ1) is 4.06. The Morgan fingerprint density at radius 2 is 2.11 bits per heavy atom. The van der Waals surface area contributed by atoms with E-state index >= 15 is 0 Å². The fourth-order valence-electron chi connectivity index (χ4n) is 0.178. The van der Waals surface area contributed by atoms with Gasteiger partial charge in [0, 0.05) is 5.75 Å². The molecule has 3 nitrogen and oxygen atoms in total. The molecule has 0 aliphatic heterocycles. The number of hydrogen-bond donors (Lipinski definition) is 1. The summed E-state index contributed by atoms with van der Waals surface area (Å²) >= 11 is 0. The SMILES string of the molecule is CCCSSS(=O)(=O)O. The minimum atomic E-state index is -3.82. The molecular weight excluding hydrogens is 180 g/mol. The van der Waals surface area contributed by atoms with Crippen molar-refractivity contribution in [2.45, 2.75) is 13.3 Å². The summed E-state index contributed by atoms with van der Waals surface area (Å²) in [6, 6.07) is 0. The van der Waals surface area contributed by atoms with Crippen molar-refractivity contribution in [3.8, 4) is 0 Å². The monoisotopic (exact) mass is 188 g/mol. The Labute approximate surface area is 62.1 Å². The van der Waals surface area contributed by atoms with Gasteiger partial charge in [0.05, 0.1) is 9.83 Å². The van der Waals surface area contributed by atoms with Gasteiger partial charge in [-0.15, -0.1) is 0 Å². The Morgan fingerprint density at radius 3 is 2.44 bits per heavy atom. The lowest BCUT2D eigenvalue weighted by atomic mass is 10.6. The normalized spacial score (nSPS) is 11.8. The Balaban J connectivity index is 3.30. The predicted octanol–water partition coefficient (Wildman–Crippen LogP) is 1.58. The van der Waals surface area contributed by atoms with Crippen LogP contribution in [0.4, 0.5) is 0 Å². The molecule has 0 aliphatic rings. The van der Waals surface area contributed by atoms with Gasteiger partial charge in [-0.25, -0.2) is 0 Å². The van der Waals surface area contributed by atoms with E-state index in [-0.39, 0.29) is 0 Å². The zero-order valence-electron chi connectivity index (χ0n) is 4.90. The molecule has 0 spiro atoms. The van der Waals surface area contributed by atoms with Crippen LogP contribution in [0.1, 0.15) is 13.3 Å². The summed E-state index contributed by atoms with van der Waals surface area (Å²) in [5.74, 6) is 0.741. The molecule has 9 heavy (non-hydrogen) atoms. The maximum absolute atomic E-state index is 10.0. The van der Waals surface area contributed by atoms with Crippen molar-refractivity contribution in [3.05, 3.63) is 0 Å². The van der Waals surface area contributed by atoms with E-state index in [0.29, 0.717) is 9.83 Å². The second-order valence-corrected chi connectivity index (χ2v) is 6.56. The number of rotatable bonds is 4. The standard InChI is InChI=1S/C3H8O3S3/c1-2-3-7-8-9(4,5)6/h2-3H2,1H3,(H,4,5,6). The van der Waals surface area contributed by atoms with Crippen molar-refractivity contribution in [3.63, 3.8) is 0 Å². The summed E-state index contributed by atoms with van der Waals surface area (Å²) in [5, 5.41) is 0. The highest BCUT2D eigenvalue weighted by atomic mass is 33.5. The molecule has 0 heterocycles. The van der Waals surface area contributed by atoms with Gasteiger partial charge in [-0.2, -0.15) is 8.42 Å². The third-order valence-electron chi connectivity index (χ3n) is 0.422. The molecule has 6 heteroatoms. The van der Waals surface area contributed by atoms with E-state index in [2.05, 4.69) is 0 Å². The second kappa shape index (κ2) is 4.43. The predicted molar refractivity (Wildman–Crippen MR) is 41.9 cm³/mol. The van der Waals surface area contributed by atoms with E-state index in [0.717, 1.165) is 23.0 Å². The van der Waals surface area contributed by atoms with Crippen molar-refractivity contribution in [1.82, 2.24) is 0 Å². The summed E-state index contributed by atoms with van der Waals surface area (Å²) in [7, 11) is -2.18. The zero-order chi connectivity index (χ0) is 7.33. The Morgan fingerprint density at radius 1 is 1.56 bits per heavy atom. The average Bonchev–Trinajstić information content (AvgIpc) is 1.63. The van der Waals surface area contributed by atoms with Gasteiger partial charge in [-0.05, 0) is 6.42 Å². The van der Waals surface area contributed by atoms with Crippen molar-refractivity contribution in [2.24, 2.45) is 0 Å². The molecule has 0 aromatic rings. The molecule has 1 N–H and O–H groups in total. The summed E-state index contributed by atoms with van der Waals surface area (Å²) in [6.07, 6.45) is 0.910. The van der Waals surface area contributed by atoms with Gasteiger partial charge in [0.25, 0.3) is 0 Å². The van der Waals surface area contributed by atoms with Crippen LogP contribution in [0.2, 0.25) is 0 Å². The van der Waals surface area contributed by atoms with Gasteiger partial charge in [0.15, 0.2) is 0 Å². The van der Waals surface area contributed by atoms with Crippen LogP contribution in [0, 0.1) is 0 Å². The summed E-state index contributed by atoms with van der Waals surface area (Å²) < 4.78 is 28.2. The molecule has 0 radical (unpaired) electrons. The maximum Gasteiger partial charge on any atom is 0.329 e. The quantitative estimate of drug-likeness (QED) is 0.412. The molecule has 0 saturated heterocycles. The van der Waals surface area contributed by atoms with Crippen molar-refractivity contribution < 1.29 is 13.0 Å². The largest absolute Gasteiger partial charge is 0.329 e. The first-order valence-corrected chi connectivity index (χ1v) is 6.62. The van der Waals surface area contributed by atoms with E-state index < -0.39 is 9.15 Å². The molecule has 0 saturated carbocycles. The summed E-state index contributed by atoms with van der Waals surface area (Å²) in [4.78, 5) is 0. The molecule has 56 valence electrons. The molecule has 0 unspecified atom stereocenters. The van der Waals surface area contributed by atoms with Crippen LogP contribution < -0.4 is 0 Å². The smallest absolute Gasteiger partial charge is 0.277 e. The van der Waals surface area contributed by atoms with Crippen LogP contribution in [0.5, 0.6) is 0 Å². The van der Waals surface area contributed by atoms with Gasteiger partial charge in [0.1, 0.15) is 0 Å². The highest BCUT2D eigenvalue weighted by Gasteiger charge is 2.03. The Kier molecular flexibility index (Phi) is 4.73. The first-order valence-electron chi connectivity index (χ1n) is 2.35. The van der Waals surface area contributed by atoms with E-state index in [4.69, 9.17) is 4.55 Å². The van der Waals surface area contributed by atoms with Crippen molar-refractivity contribution in [2.75, 3.05) is 5.75 Å². The molecular formula is C3H8O3S3. The van der Waals surface area contributed by atoms with E-state index in [1.54, 1.807) is 0 Å². The van der Waals surface area contributed by atoms with E-state index in [1.807, 2.05) is 6.92 Å². The second-order valence-electron chi connectivity index (χ2n) is 1.32.